The minimum atomic E-state index is -0.653. The summed E-state index contributed by atoms with van der Waals surface area (Å²) in [6.07, 6.45) is -0.0449. The van der Waals surface area contributed by atoms with E-state index in [1.54, 1.807) is 33.8 Å². The van der Waals surface area contributed by atoms with Crippen molar-refractivity contribution in [2.45, 2.75) is 39.7 Å². The van der Waals surface area contributed by atoms with Crippen LogP contribution >= 0.6 is 24.8 Å². The molecule has 0 unspecified atom stereocenters. The quantitative estimate of drug-likeness (QED) is 0.602. The molecular formula is C16H27Cl2FN4O2. The van der Waals surface area contributed by atoms with Gasteiger partial charge in [-0.3, -0.25) is 0 Å². The van der Waals surface area contributed by atoms with Gasteiger partial charge in [0.05, 0.1) is 0 Å². The van der Waals surface area contributed by atoms with Crippen LogP contribution in [0.4, 0.5) is 14.9 Å². The second-order valence-electron chi connectivity index (χ2n) is 6.02. The van der Waals surface area contributed by atoms with Gasteiger partial charge in [0.1, 0.15) is 17.1 Å². The summed E-state index contributed by atoms with van der Waals surface area (Å²) in [6.45, 7) is 7.68. The number of benzene rings is 1. The van der Waals surface area contributed by atoms with Crippen LogP contribution < -0.4 is 11.5 Å². The highest BCUT2D eigenvalue weighted by Crippen LogP contribution is 2.20. The molecule has 0 aromatic heterocycles. The number of amides is 1. The van der Waals surface area contributed by atoms with Gasteiger partial charge in [0, 0.05) is 6.54 Å². The minimum absolute atomic E-state index is 0. The molecule has 0 bridgehead atoms. The first-order chi connectivity index (χ1) is 10.7. The van der Waals surface area contributed by atoms with Crippen molar-refractivity contribution in [2.24, 2.45) is 16.5 Å². The van der Waals surface area contributed by atoms with E-state index < -0.39 is 17.5 Å². The predicted octanol–water partition coefficient (Wildman–Crippen LogP) is 3.37. The smallest absolute Gasteiger partial charge is 0.417 e. The number of aliphatic imine (C=N–C) groups is 1. The number of guanidine groups is 1. The summed E-state index contributed by atoms with van der Waals surface area (Å²) < 4.78 is 19.3. The van der Waals surface area contributed by atoms with Crippen LogP contribution in [0.25, 0.3) is 0 Å². The van der Waals surface area contributed by atoms with E-state index in [0.717, 1.165) is 10.5 Å². The lowest BCUT2D eigenvalue weighted by Crippen LogP contribution is -2.44. The molecule has 0 fully saturated rings. The first-order valence-electron chi connectivity index (χ1n) is 7.51. The van der Waals surface area contributed by atoms with Gasteiger partial charge in [-0.25, -0.2) is 19.1 Å². The van der Waals surface area contributed by atoms with E-state index in [4.69, 9.17) is 16.2 Å². The van der Waals surface area contributed by atoms with Crippen molar-refractivity contribution in [1.29, 1.82) is 0 Å². The molecule has 1 aromatic carbocycles. The molecule has 4 N–H and O–H groups in total. The van der Waals surface area contributed by atoms with Crippen molar-refractivity contribution in [2.75, 3.05) is 13.1 Å². The lowest BCUT2D eigenvalue weighted by molar-refractivity contribution is 0.0375. The normalized spacial score (nSPS) is 11.2. The molecule has 0 aliphatic rings. The van der Waals surface area contributed by atoms with Crippen LogP contribution in [0.1, 0.15) is 33.3 Å². The molecule has 0 radical (unpaired) electrons. The molecule has 0 aliphatic carbocycles. The fourth-order valence-corrected chi connectivity index (χ4v) is 1.85. The second-order valence-corrected chi connectivity index (χ2v) is 6.02. The summed E-state index contributed by atoms with van der Waals surface area (Å²) >= 11 is 0. The molecule has 1 aromatic rings. The molecule has 0 aliphatic heterocycles. The van der Waals surface area contributed by atoms with Gasteiger partial charge < -0.3 is 16.2 Å². The average molecular weight is 397 g/mol. The number of rotatable bonds is 4. The highest BCUT2D eigenvalue weighted by atomic mass is 35.5. The fraction of sp³-hybridized carbons (Fsp3) is 0.500. The first kappa shape index (κ1) is 25.7. The lowest BCUT2D eigenvalue weighted by Gasteiger charge is -2.25. The van der Waals surface area contributed by atoms with E-state index in [1.165, 1.54) is 12.1 Å². The summed E-state index contributed by atoms with van der Waals surface area (Å²) in [5, 5.41) is 0. The monoisotopic (exact) mass is 396 g/mol. The molecule has 144 valence electrons. The van der Waals surface area contributed by atoms with Crippen LogP contribution in [0.15, 0.2) is 23.2 Å². The van der Waals surface area contributed by atoms with Gasteiger partial charge in [0.15, 0.2) is 0 Å². The van der Waals surface area contributed by atoms with E-state index in [1.807, 2.05) is 0 Å². The predicted molar refractivity (Wildman–Crippen MR) is 104 cm³/mol. The summed E-state index contributed by atoms with van der Waals surface area (Å²) in [7, 11) is 0. The van der Waals surface area contributed by atoms with E-state index in [9.17, 15) is 9.18 Å². The van der Waals surface area contributed by atoms with Gasteiger partial charge in [-0.1, -0.05) is 6.07 Å². The van der Waals surface area contributed by atoms with Crippen molar-refractivity contribution >= 4 is 42.6 Å². The van der Waals surface area contributed by atoms with Crippen LogP contribution in [0.5, 0.6) is 0 Å². The van der Waals surface area contributed by atoms with E-state index in [0.29, 0.717) is 13.0 Å². The maximum absolute atomic E-state index is 14.0. The Balaban J connectivity index is 0. The fourth-order valence-electron chi connectivity index (χ4n) is 1.85. The lowest BCUT2D eigenvalue weighted by atomic mass is 10.1. The molecule has 0 saturated heterocycles. The number of hydrogen-bond acceptors (Lipinski definition) is 4. The van der Waals surface area contributed by atoms with E-state index in [2.05, 4.69) is 4.99 Å². The highest BCUT2D eigenvalue weighted by molar-refractivity contribution is 5.94. The molecule has 0 spiro atoms. The van der Waals surface area contributed by atoms with Crippen LogP contribution in [0.2, 0.25) is 0 Å². The molecule has 1 rings (SSSR count). The van der Waals surface area contributed by atoms with Crippen molar-refractivity contribution in [1.82, 2.24) is 4.90 Å². The van der Waals surface area contributed by atoms with Gasteiger partial charge in [-0.2, -0.15) is 0 Å². The Kier molecular flexibility index (Phi) is 11.4. The van der Waals surface area contributed by atoms with Gasteiger partial charge in [0.2, 0.25) is 5.96 Å². The molecule has 1 amide bonds. The number of halogens is 3. The molecule has 9 heteroatoms. The topological polar surface area (TPSA) is 93.9 Å². The van der Waals surface area contributed by atoms with Gasteiger partial charge in [0.25, 0.3) is 0 Å². The Morgan fingerprint density at radius 2 is 1.92 bits per heavy atom. The van der Waals surface area contributed by atoms with Gasteiger partial charge in [-0.15, -0.1) is 24.8 Å². The van der Waals surface area contributed by atoms with E-state index >= 15 is 0 Å². The van der Waals surface area contributed by atoms with Crippen LogP contribution in [0, 0.1) is 5.82 Å². The number of nitrogens with zero attached hydrogens (tertiary/aromatic N) is 2. The first-order valence-corrected chi connectivity index (χ1v) is 7.51. The number of carbonyl (C=O) groups excluding carboxylic acids is 1. The van der Waals surface area contributed by atoms with Crippen molar-refractivity contribution in [3.8, 4) is 0 Å². The number of ether oxygens (including phenoxy) is 1. The zero-order valence-electron chi connectivity index (χ0n) is 14.9. The van der Waals surface area contributed by atoms with Crippen molar-refractivity contribution in [3.63, 3.8) is 0 Å². The summed E-state index contributed by atoms with van der Waals surface area (Å²) in [5.41, 5.74) is 11.5. The van der Waals surface area contributed by atoms with Crippen LogP contribution in [0.3, 0.4) is 0 Å². The average Bonchev–Trinajstić information content (AvgIpc) is 2.41. The Morgan fingerprint density at radius 3 is 2.36 bits per heavy atom. The molecule has 0 saturated carbocycles. The molecular weight excluding hydrogens is 370 g/mol. The van der Waals surface area contributed by atoms with Crippen LogP contribution in [-0.4, -0.2) is 35.6 Å². The van der Waals surface area contributed by atoms with Crippen molar-refractivity contribution in [3.05, 3.63) is 29.6 Å². The standard InChI is InChI=1S/C16H25FN4O2.2ClH/c1-5-21(15(22)23-16(2,3)4)14(19)20-13-7-6-11(8-9-18)10-12(13)17;;/h6-7,10H,5,8-9,18H2,1-4H3,(H2,19,20);2*1H. The zero-order valence-corrected chi connectivity index (χ0v) is 16.5. The summed E-state index contributed by atoms with van der Waals surface area (Å²) in [5.74, 6) is -0.633. The maximum atomic E-state index is 14.0. The molecule has 6 nitrogen and oxygen atoms in total. The number of carbonyl (C=O) groups is 1. The highest BCUT2D eigenvalue weighted by Gasteiger charge is 2.23. The molecule has 0 atom stereocenters. The van der Waals surface area contributed by atoms with Gasteiger partial charge in [-0.05, 0) is 58.4 Å². The third kappa shape index (κ3) is 8.38. The summed E-state index contributed by atoms with van der Waals surface area (Å²) in [6, 6.07) is 4.60. The Labute approximate surface area is 160 Å². The van der Waals surface area contributed by atoms with E-state index in [-0.39, 0.29) is 43.0 Å². The second kappa shape index (κ2) is 11.1. The summed E-state index contributed by atoms with van der Waals surface area (Å²) in [4.78, 5) is 17.2. The maximum Gasteiger partial charge on any atom is 0.417 e. The molecule has 0 heterocycles. The minimum Gasteiger partial charge on any atom is -0.443 e. The van der Waals surface area contributed by atoms with Crippen LogP contribution in [-0.2, 0) is 11.2 Å². The third-order valence-corrected chi connectivity index (χ3v) is 2.89. The Morgan fingerprint density at radius 1 is 1.32 bits per heavy atom. The molecule has 25 heavy (non-hydrogen) atoms. The number of hydrogen-bond donors (Lipinski definition) is 2. The Hall–Kier alpha value is -1.57. The number of nitrogens with two attached hydrogens (primary N) is 2. The Bertz CT molecular complexity index is 592. The zero-order chi connectivity index (χ0) is 17.6. The SMILES string of the molecule is CCN(C(=O)OC(C)(C)C)C(N)=Nc1ccc(CCN)cc1F.Cl.Cl. The third-order valence-electron chi connectivity index (χ3n) is 2.89. The largest absolute Gasteiger partial charge is 0.443 e. The van der Waals surface area contributed by atoms with Gasteiger partial charge >= 0.3 is 6.09 Å². The van der Waals surface area contributed by atoms with Crippen molar-refractivity contribution < 1.29 is 13.9 Å².